The van der Waals surface area contributed by atoms with Crippen molar-refractivity contribution in [2.24, 2.45) is 0 Å². The number of carboxylic acid groups (broad SMARTS) is 1. The van der Waals surface area contributed by atoms with Gasteiger partial charge in [0.25, 0.3) is 0 Å². The average Bonchev–Trinajstić information content (AvgIpc) is 2.26. The van der Waals surface area contributed by atoms with Crippen molar-refractivity contribution in [2.75, 3.05) is 26.7 Å². The summed E-state index contributed by atoms with van der Waals surface area (Å²) in [6.45, 7) is 1.05. The van der Waals surface area contributed by atoms with Crippen LogP contribution in [0.3, 0.4) is 0 Å². The highest BCUT2D eigenvalue weighted by Crippen LogP contribution is 2.05. The zero-order chi connectivity index (χ0) is 11.4. The van der Waals surface area contributed by atoms with Crippen molar-refractivity contribution in [3.8, 4) is 0 Å². The van der Waals surface area contributed by atoms with E-state index in [-0.39, 0.29) is 31.2 Å². The molecule has 0 aromatic carbocycles. The highest BCUT2D eigenvalue weighted by atomic mass is 16.4. The Hall–Kier alpha value is -1.59. The van der Waals surface area contributed by atoms with Crippen LogP contribution in [0.5, 0.6) is 0 Å². The molecule has 0 spiro atoms. The molecule has 2 amide bonds. The van der Waals surface area contributed by atoms with Crippen LogP contribution in [0.2, 0.25) is 0 Å². The zero-order valence-corrected chi connectivity index (χ0v) is 8.60. The molecule has 15 heavy (non-hydrogen) atoms. The lowest BCUT2D eigenvalue weighted by Crippen LogP contribution is -2.34. The predicted octanol–water partition coefficient (Wildman–Crippen LogP) is -0.848. The van der Waals surface area contributed by atoms with Gasteiger partial charge in [0.1, 0.15) is 6.42 Å². The maximum atomic E-state index is 11.5. The second-order valence-electron chi connectivity index (χ2n) is 3.52. The summed E-state index contributed by atoms with van der Waals surface area (Å²) in [5.41, 5.74) is 0. The van der Waals surface area contributed by atoms with Gasteiger partial charge in [-0.05, 0) is 0 Å². The zero-order valence-electron chi connectivity index (χ0n) is 8.60. The van der Waals surface area contributed by atoms with Crippen LogP contribution in [0.25, 0.3) is 0 Å². The summed E-state index contributed by atoms with van der Waals surface area (Å²) in [6.07, 6.45) is -0.236. The third-order valence-corrected chi connectivity index (χ3v) is 2.38. The maximum absolute atomic E-state index is 11.5. The first-order chi connectivity index (χ1) is 7.00. The first kappa shape index (κ1) is 11.5. The molecule has 0 radical (unpaired) electrons. The number of hydrogen-bond acceptors (Lipinski definition) is 3. The van der Waals surface area contributed by atoms with E-state index in [9.17, 15) is 14.4 Å². The molecule has 1 N–H and O–H groups in total. The minimum Gasteiger partial charge on any atom is -0.481 e. The standard InChI is InChI=1S/C9H14N2O4/c1-10-4-5-11(3-2-9(14)15)8(13)6-7(10)12/h2-6H2,1H3,(H,14,15). The normalized spacial score (nSPS) is 17.9. The highest BCUT2D eigenvalue weighted by molar-refractivity contribution is 5.97. The van der Waals surface area contributed by atoms with Crippen LogP contribution in [-0.2, 0) is 14.4 Å². The van der Waals surface area contributed by atoms with Crippen LogP contribution in [-0.4, -0.2) is 59.4 Å². The largest absolute Gasteiger partial charge is 0.481 e. The number of carbonyl (C=O) groups excluding carboxylic acids is 2. The molecule has 0 saturated carbocycles. The monoisotopic (exact) mass is 214 g/mol. The summed E-state index contributed by atoms with van der Waals surface area (Å²) < 4.78 is 0. The van der Waals surface area contributed by atoms with Crippen LogP contribution >= 0.6 is 0 Å². The van der Waals surface area contributed by atoms with Crippen LogP contribution in [0.15, 0.2) is 0 Å². The fourth-order valence-electron chi connectivity index (χ4n) is 1.36. The number of rotatable bonds is 3. The van der Waals surface area contributed by atoms with E-state index in [1.54, 1.807) is 7.05 Å². The molecule has 1 rings (SSSR count). The Morgan fingerprint density at radius 3 is 2.60 bits per heavy atom. The molecule has 0 aromatic rings. The Kier molecular flexibility index (Phi) is 3.65. The predicted molar refractivity (Wildman–Crippen MR) is 51.1 cm³/mol. The van der Waals surface area contributed by atoms with Crippen molar-refractivity contribution < 1.29 is 19.5 Å². The van der Waals surface area contributed by atoms with E-state index in [0.29, 0.717) is 13.1 Å². The molecule has 1 saturated heterocycles. The molecule has 6 heteroatoms. The number of amides is 2. The van der Waals surface area contributed by atoms with Gasteiger partial charge in [0.05, 0.1) is 6.42 Å². The van der Waals surface area contributed by atoms with Crippen molar-refractivity contribution in [2.45, 2.75) is 12.8 Å². The average molecular weight is 214 g/mol. The third-order valence-electron chi connectivity index (χ3n) is 2.38. The molecule has 84 valence electrons. The Bertz CT molecular complexity index is 290. The molecule has 1 aliphatic rings. The van der Waals surface area contributed by atoms with E-state index in [1.165, 1.54) is 9.80 Å². The molecule has 0 aromatic heterocycles. The number of carboxylic acids is 1. The Labute approximate surface area is 87.5 Å². The summed E-state index contributed by atoms with van der Waals surface area (Å²) >= 11 is 0. The van der Waals surface area contributed by atoms with Crippen LogP contribution in [0.4, 0.5) is 0 Å². The molecule has 6 nitrogen and oxygen atoms in total. The molecule has 0 unspecified atom stereocenters. The molecule has 0 atom stereocenters. The van der Waals surface area contributed by atoms with Crippen molar-refractivity contribution in [1.29, 1.82) is 0 Å². The molecule has 1 heterocycles. The van der Waals surface area contributed by atoms with Crippen molar-refractivity contribution in [3.05, 3.63) is 0 Å². The number of aliphatic carboxylic acids is 1. The molecular weight excluding hydrogens is 200 g/mol. The Morgan fingerprint density at radius 1 is 1.33 bits per heavy atom. The fourth-order valence-corrected chi connectivity index (χ4v) is 1.36. The molecule has 1 aliphatic heterocycles. The maximum Gasteiger partial charge on any atom is 0.305 e. The first-order valence-electron chi connectivity index (χ1n) is 4.74. The first-order valence-corrected chi connectivity index (χ1v) is 4.74. The van der Waals surface area contributed by atoms with E-state index in [2.05, 4.69) is 0 Å². The van der Waals surface area contributed by atoms with Gasteiger partial charge >= 0.3 is 5.97 Å². The second-order valence-corrected chi connectivity index (χ2v) is 3.52. The molecular formula is C9H14N2O4. The van der Waals surface area contributed by atoms with Crippen LogP contribution in [0.1, 0.15) is 12.8 Å². The summed E-state index contributed by atoms with van der Waals surface area (Å²) in [5.74, 6) is -1.44. The Balaban J connectivity index is 2.54. The van der Waals surface area contributed by atoms with E-state index in [4.69, 9.17) is 5.11 Å². The van der Waals surface area contributed by atoms with E-state index < -0.39 is 5.97 Å². The lowest BCUT2D eigenvalue weighted by Gasteiger charge is -2.19. The Morgan fingerprint density at radius 2 is 2.00 bits per heavy atom. The van der Waals surface area contributed by atoms with E-state index >= 15 is 0 Å². The lowest BCUT2D eigenvalue weighted by atomic mass is 10.3. The van der Waals surface area contributed by atoms with Gasteiger partial charge in [0.2, 0.25) is 11.8 Å². The van der Waals surface area contributed by atoms with Gasteiger partial charge < -0.3 is 14.9 Å². The minimum atomic E-state index is -0.938. The van der Waals surface area contributed by atoms with Crippen LogP contribution < -0.4 is 0 Å². The van der Waals surface area contributed by atoms with E-state index in [1.807, 2.05) is 0 Å². The molecule has 0 aliphatic carbocycles. The fraction of sp³-hybridized carbons (Fsp3) is 0.667. The number of hydrogen-bond donors (Lipinski definition) is 1. The topological polar surface area (TPSA) is 77.9 Å². The second kappa shape index (κ2) is 4.77. The number of nitrogens with zero attached hydrogens (tertiary/aromatic N) is 2. The summed E-state index contributed by atoms with van der Waals surface area (Å²) in [5, 5.41) is 8.49. The summed E-state index contributed by atoms with van der Waals surface area (Å²) in [4.78, 5) is 36.0. The molecule has 0 bridgehead atoms. The summed E-state index contributed by atoms with van der Waals surface area (Å²) in [7, 11) is 1.64. The van der Waals surface area contributed by atoms with E-state index in [0.717, 1.165) is 0 Å². The summed E-state index contributed by atoms with van der Waals surface area (Å²) in [6, 6.07) is 0. The van der Waals surface area contributed by atoms with Gasteiger partial charge in [-0.2, -0.15) is 0 Å². The minimum absolute atomic E-state index is 0.0797. The molecule has 1 fully saturated rings. The number of likely N-dealkylation sites (N-methyl/N-ethyl adjacent to an activating group) is 1. The van der Waals surface area contributed by atoms with Crippen molar-refractivity contribution in [1.82, 2.24) is 9.80 Å². The third kappa shape index (κ3) is 3.23. The SMILES string of the molecule is CN1CCN(CCC(=O)O)C(=O)CC1=O. The van der Waals surface area contributed by atoms with Gasteiger partial charge in [0, 0.05) is 26.7 Å². The lowest BCUT2D eigenvalue weighted by molar-refractivity contribution is -0.138. The van der Waals surface area contributed by atoms with Gasteiger partial charge in [-0.15, -0.1) is 0 Å². The van der Waals surface area contributed by atoms with Gasteiger partial charge in [-0.25, -0.2) is 0 Å². The van der Waals surface area contributed by atoms with Gasteiger partial charge in [-0.1, -0.05) is 0 Å². The van der Waals surface area contributed by atoms with Crippen molar-refractivity contribution in [3.63, 3.8) is 0 Å². The highest BCUT2D eigenvalue weighted by Gasteiger charge is 2.24. The smallest absolute Gasteiger partial charge is 0.305 e. The van der Waals surface area contributed by atoms with Crippen LogP contribution in [0, 0.1) is 0 Å². The quantitative estimate of drug-likeness (QED) is 0.621. The number of carbonyl (C=O) groups is 3. The van der Waals surface area contributed by atoms with Gasteiger partial charge in [0.15, 0.2) is 0 Å². The van der Waals surface area contributed by atoms with Gasteiger partial charge in [-0.3, -0.25) is 14.4 Å². The van der Waals surface area contributed by atoms with Crippen molar-refractivity contribution >= 4 is 17.8 Å².